The van der Waals surface area contributed by atoms with Gasteiger partial charge in [0.1, 0.15) is 0 Å². The highest BCUT2D eigenvalue weighted by Gasteiger charge is 2.25. The van der Waals surface area contributed by atoms with Crippen molar-refractivity contribution in [2.24, 2.45) is 0 Å². The second-order valence-electron chi connectivity index (χ2n) is 4.37. The average Bonchev–Trinajstić information content (AvgIpc) is 2.32. The number of nitrogens with zero attached hydrogens (tertiary/aromatic N) is 1. The molecule has 0 spiro atoms. The van der Waals surface area contributed by atoms with Crippen LogP contribution in [0.1, 0.15) is 36.2 Å². The van der Waals surface area contributed by atoms with E-state index in [4.69, 9.17) is 5.73 Å². The Hall–Kier alpha value is -1.62. The Morgan fingerprint density at radius 2 is 2.24 bits per heavy atom. The molecule has 1 aromatic heterocycles. The summed E-state index contributed by atoms with van der Waals surface area (Å²) in [5.41, 5.74) is 6.26. The van der Waals surface area contributed by atoms with E-state index in [1.807, 2.05) is 0 Å². The Morgan fingerprint density at radius 1 is 1.47 bits per heavy atom. The monoisotopic (exact) mass is 235 g/mol. The van der Waals surface area contributed by atoms with Crippen LogP contribution in [0.3, 0.4) is 0 Å². The van der Waals surface area contributed by atoms with Gasteiger partial charge in [0.05, 0.1) is 17.8 Å². The van der Waals surface area contributed by atoms with Crippen LogP contribution < -0.4 is 11.1 Å². The first-order valence-corrected chi connectivity index (χ1v) is 5.88. The van der Waals surface area contributed by atoms with E-state index in [1.54, 1.807) is 12.1 Å². The molecule has 17 heavy (non-hydrogen) atoms. The summed E-state index contributed by atoms with van der Waals surface area (Å²) in [6.45, 7) is 0. The molecule has 92 valence electrons. The standard InChI is InChI=1S/C12H17N3O2/c13-8-4-3-7-14-11(8)12(17)15-9-5-1-2-6-10(9)16/h3-4,7,9-10,16H,1-2,5-6,13H2,(H,15,17). The number of aromatic nitrogens is 1. The Morgan fingerprint density at radius 3 is 2.94 bits per heavy atom. The molecule has 5 heteroatoms. The second-order valence-corrected chi connectivity index (χ2v) is 4.37. The van der Waals surface area contributed by atoms with Gasteiger partial charge in [-0.3, -0.25) is 4.79 Å². The molecule has 5 nitrogen and oxygen atoms in total. The van der Waals surface area contributed by atoms with Gasteiger partial charge in [-0.2, -0.15) is 0 Å². The van der Waals surface area contributed by atoms with Gasteiger partial charge >= 0.3 is 0 Å². The van der Waals surface area contributed by atoms with Crippen LogP contribution in [-0.4, -0.2) is 28.1 Å². The maximum Gasteiger partial charge on any atom is 0.272 e. The van der Waals surface area contributed by atoms with E-state index in [0.717, 1.165) is 25.7 Å². The van der Waals surface area contributed by atoms with Crippen molar-refractivity contribution >= 4 is 11.6 Å². The number of carbonyl (C=O) groups is 1. The zero-order valence-electron chi connectivity index (χ0n) is 9.60. The molecule has 1 aromatic rings. The number of rotatable bonds is 2. The number of carbonyl (C=O) groups excluding carboxylic acids is 1. The molecular weight excluding hydrogens is 218 g/mol. The molecule has 2 rings (SSSR count). The maximum atomic E-state index is 11.9. The Bertz CT molecular complexity index is 408. The van der Waals surface area contributed by atoms with Gasteiger partial charge in [-0.25, -0.2) is 4.98 Å². The van der Waals surface area contributed by atoms with Crippen molar-refractivity contribution in [2.75, 3.05) is 5.73 Å². The third kappa shape index (κ3) is 2.74. The smallest absolute Gasteiger partial charge is 0.272 e. The lowest BCUT2D eigenvalue weighted by Crippen LogP contribution is -2.45. The van der Waals surface area contributed by atoms with Gasteiger partial charge in [-0.1, -0.05) is 12.8 Å². The van der Waals surface area contributed by atoms with Gasteiger partial charge in [0, 0.05) is 6.20 Å². The summed E-state index contributed by atoms with van der Waals surface area (Å²) in [5.74, 6) is -0.311. The number of amides is 1. The van der Waals surface area contributed by atoms with Gasteiger partial charge < -0.3 is 16.2 Å². The topological polar surface area (TPSA) is 88.2 Å². The minimum Gasteiger partial charge on any atom is -0.397 e. The van der Waals surface area contributed by atoms with Gasteiger partial charge in [0.2, 0.25) is 0 Å². The largest absolute Gasteiger partial charge is 0.397 e. The summed E-state index contributed by atoms with van der Waals surface area (Å²) < 4.78 is 0. The van der Waals surface area contributed by atoms with Gasteiger partial charge in [-0.15, -0.1) is 0 Å². The Balaban J connectivity index is 2.04. The number of nitrogen functional groups attached to an aromatic ring is 1. The summed E-state index contributed by atoms with van der Waals surface area (Å²) in [7, 11) is 0. The minimum atomic E-state index is -0.461. The molecule has 1 saturated carbocycles. The fourth-order valence-electron chi connectivity index (χ4n) is 2.12. The molecule has 2 unspecified atom stereocenters. The molecule has 2 atom stereocenters. The number of pyridine rings is 1. The number of hydrogen-bond donors (Lipinski definition) is 3. The number of nitrogens with one attached hydrogen (secondary N) is 1. The average molecular weight is 235 g/mol. The van der Waals surface area contributed by atoms with Gasteiger partial charge in [-0.05, 0) is 25.0 Å². The predicted octanol–water partition coefficient (Wildman–Crippen LogP) is 0.697. The van der Waals surface area contributed by atoms with E-state index in [2.05, 4.69) is 10.3 Å². The van der Waals surface area contributed by atoms with Crippen LogP contribution in [0.4, 0.5) is 5.69 Å². The highest BCUT2D eigenvalue weighted by Crippen LogP contribution is 2.19. The fourth-order valence-corrected chi connectivity index (χ4v) is 2.12. The number of aliphatic hydroxyl groups excluding tert-OH is 1. The molecule has 0 aliphatic heterocycles. The summed E-state index contributed by atoms with van der Waals surface area (Å²) in [5, 5.41) is 12.6. The molecule has 0 saturated heterocycles. The summed E-state index contributed by atoms with van der Waals surface area (Å²) in [4.78, 5) is 15.9. The molecule has 0 aromatic carbocycles. The molecule has 4 N–H and O–H groups in total. The van der Waals surface area contributed by atoms with E-state index in [-0.39, 0.29) is 17.6 Å². The van der Waals surface area contributed by atoms with Crippen LogP contribution in [0.15, 0.2) is 18.3 Å². The molecular formula is C12H17N3O2. The van der Waals surface area contributed by atoms with Crippen LogP contribution >= 0.6 is 0 Å². The SMILES string of the molecule is Nc1cccnc1C(=O)NC1CCCCC1O. The highest BCUT2D eigenvalue weighted by molar-refractivity contribution is 5.97. The lowest BCUT2D eigenvalue weighted by Gasteiger charge is -2.28. The summed E-state index contributed by atoms with van der Waals surface area (Å²) >= 11 is 0. The normalized spacial score (nSPS) is 24.3. The minimum absolute atomic E-state index is 0.183. The van der Waals surface area contributed by atoms with Crippen molar-refractivity contribution in [3.8, 4) is 0 Å². The van der Waals surface area contributed by atoms with Crippen LogP contribution in [0, 0.1) is 0 Å². The third-order valence-corrected chi connectivity index (χ3v) is 3.10. The lowest BCUT2D eigenvalue weighted by atomic mass is 9.92. The fraction of sp³-hybridized carbons (Fsp3) is 0.500. The highest BCUT2D eigenvalue weighted by atomic mass is 16.3. The van der Waals surface area contributed by atoms with Crippen molar-refractivity contribution in [3.05, 3.63) is 24.0 Å². The van der Waals surface area contributed by atoms with Gasteiger partial charge in [0.15, 0.2) is 5.69 Å². The van der Waals surface area contributed by atoms with E-state index >= 15 is 0 Å². The molecule has 0 bridgehead atoms. The summed E-state index contributed by atoms with van der Waals surface area (Å²) in [6, 6.07) is 3.14. The maximum absolute atomic E-state index is 11.9. The van der Waals surface area contributed by atoms with E-state index in [0.29, 0.717) is 5.69 Å². The van der Waals surface area contributed by atoms with Crippen LogP contribution in [0.2, 0.25) is 0 Å². The second kappa shape index (κ2) is 5.14. The number of anilines is 1. The predicted molar refractivity (Wildman–Crippen MR) is 64.4 cm³/mol. The van der Waals surface area contributed by atoms with Gasteiger partial charge in [0.25, 0.3) is 5.91 Å². The molecule has 1 aliphatic rings. The van der Waals surface area contributed by atoms with Crippen molar-refractivity contribution in [3.63, 3.8) is 0 Å². The van der Waals surface area contributed by atoms with E-state index in [9.17, 15) is 9.90 Å². The number of nitrogens with two attached hydrogens (primary N) is 1. The zero-order valence-corrected chi connectivity index (χ0v) is 9.60. The van der Waals surface area contributed by atoms with E-state index < -0.39 is 6.10 Å². The molecule has 1 fully saturated rings. The van der Waals surface area contributed by atoms with Crippen LogP contribution in [-0.2, 0) is 0 Å². The first-order valence-electron chi connectivity index (χ1n) is 5.88. The van der Waals surface area contributed by atoms with Crippen LogP contribution in [0.25, 0.3) is 0 Å². The quantitative estimate of drug-likeness (QED) is 0.704. The summed E-state index contributed by atoms with van der Waals surface area (Å²) in [6.07, 6.45) is 4.65. The molecule has 1 heterocycles. The first-order chi connectivity index (χ1) is 8.18. The molecule has 1 aliphatic carbocycles. The van der Waals surface area contributed by atoms with Crippen molar-refractivity contribution in [1.82, 2.24) is 10.3 Å². The van der Waals surface area contributed by atoms with Crippen molar-refractivity contribution in [2.45, 2.75) is 37.8 Å². The van der Waals surface area contributed by atoms with Crippen molar-refractivity contribution in [1.29, 1.82) is 0 Å². The molecule has 0 radical (unpaired) electrons. The zero-order chi connectivity index (χ0) is 12.3. The number of aliphatic hydroxyl groups is 1. The first kappa shape index (κ1) is 11.9. The Kier molecular flexibility index (Phi) is 3.58. The number of hydrogen-bond acceptors (Lipinski definition) is 4. The van der Waals surface area contributed by atoms with Crippen LogP contribution in [0.5, 0.6) is 0 Å². The van der Waals surface area contributed by atoms with E-state index in [1.165, 1.54) is 6.20 Å². The molecule has 1 amide bonds. The third-order valence-electron chi connectivity index (χ3n) is 3.10. The lowest BCUT2D eigenvalue weighted by molar-refractivity contribution is 0.0714. The Labute approximate surface area is 100 Å². The van der Waals surface area contributed by atoms with Crippen molar-refractivity contribution < 1.29 is 9.90 Å².